The number of nitrogens with zero attached hydrogens (tertiary/aromatic N) is 2. The number of amides is 1. The summed E-state index contributed by atoms with van der Waals surface area (Å²) in [6.45, 7) is 6.05. The van der Waals surface area contributed by atoms with Gasteiger partial charge in [0.05, 0.1) is 18.8 Å². The highest BCUT2D eigenvalue weighted by molar-refractivity contribution is 5.94. The van der Waals surface area contributed by atoms with E-state index < -0.39 is 11.6 Å². The van der Waals surface area contributed by atoms with Crippen LogP contribution in [-0.2, 0) is 11.2 Å². The van der Waals surface area contributed by atoms with Crippen LogP contribution in [-0.4, -0.2) is 61.6 Å². The minimum Gasteiger partial charge on any atom is -0.497 e. The van der Waals surface area contributed by atoms with Gasteiger partial charge in [-0.25, -0.2) is 8.78 Å². The number of carbonyl (C=O) groups excluding carboxylic acids is 1. The quantitative estimate of drug-likeness (QED) is 0.772. The van der Waals surface area contributed by atoms with Crippen molar-refractivity contribution < 1.29 is 18.3 Å². The summed E-state index contributed by atoms with van der Waals surface area (Å²) >= 11 is 0. The summed E-state index contributed by atoms with van der Waals surface area (Å²) in [6, 6.07) is 10.9. The third kappa shape index (κ3) is 5.74. The van der Waals surface area contributed by atoms with Gasteiger partial charge in [-0.3, -0.25) is 9.69 Å². The van der Waals surface area contributed by atoms with Gasteiger partial charge in [0.15, 0.2) is 0 Å². The zero-order valence-electron chi connectivity index (χ0n) is 16.8. The van der Waals surface area contributed by atoms with Gasteiger partial charge in [-0.1, -0.05) is 12.1 Å². The molecule has 0 aromatic heterocycles. The number of nitrogens with one attached hydrogen (secondary N) is 1. The fourth-order valence-corrected chi connectivity index (χ4v) is 3.45. The van der Waals surface area contributed by atoms with Crippen molar-refractivity contribution in [3.05, 3.63) is 59.7 Å². The number of anilines is 1. The number of carbonyl (C=O) groups is 1. The Balaban J connectivity index is 1.44. The van der Waals surface area contributed by atoms with Gasteiger partial charge in [-0.15, -0.1) is 0 Å². The highest BCUT2D eigenvalue weighted by Crippen LogP contribution is 2.17. The molecule has 3 rings (SSSR count). The molecule has 1 saturated heterocycles. The van der Waals surface area contributed by atoms with Gasteiger partial charge >= 0.3 is 0 Å². The molecule has 0 saturated carbocycles. The number of halogens is 2. The van der Waals surface area contributed by atoms with Gasteiger partial charge in [0.25, 0.3) is 0 Å². The van der Waals surface area contributed by atoms with E-state index in [1.165, 1.54) is 11.6 Å². The average molecular weight is 403 g/mol. The van der Waals surface area contributed by atoms with Gasteiger partial charge in [-0.05, 0) is 43.2 Å². The van der Waals surface area contributed by atoms with Crippen molar-refractivity contribution in [2.45, 2.75) is 19.4 Å². The summed E-state index contributed by atoms with van der Waals surface area (Å²) in [7, 11) is 1.66. The molecule has 1 amide bonds. The van der Waals surface area contributed by atoms with Gasteiger partial charge in [0.2, 0.25) is 5.91 Å². The molecule has 1 unspecified atom stereocenters. The van der Waals surface area contributed by atoms with E-state index in [2.05, 4.69) is 27.2 Å². The van der Waals surface area contributed by atoms with Gasteiger partial charge in [0, 0.05) is 38.8 Å². The Morgan fingerprint density at radius 3 is 2.41 bits per heavy atom. The molecule has 29 heavy (non-hydrogen) atoms. The molecule has 0 aliphatic carbocycles. The van der Waals surface area contributed by atoms with Crippen molar-refractivity contribution in [3.63, 3.8) is 0 Å². The smallest absolute Gasteiger partial charge is 0.241 e. The number of ether oxygens (including phenoxy) is 1. The third-order valence-corrected chi connectivity index (χ3v) is 5.40. The summed E-state index contributed by atoms with van der Waals surface area (Å²) in [5, 5.41) is 2.56. The van der Waals surface area contributed by atoms with Crippen LogP contribution in [0, 0.1) is 11.6 Å². The second-order valence-corrected chi connectivity index (χ2v) is 7.27. The molecule has 2 aromatic rings. The predicted octanol–water partition coefficient (Wildman–Crippen LogP) is 3.16. The zero-order valence-corrected chi connectivity index (χ0v) is 16.8. The average Bonchev–Trinajstić information content (AvgIpc) is 2.74. The van der Waals surface area contributed by atoms with Crippen molar-refractivity contribution in [1.82, 2.24) is 9.80 Å². The van der Waals surface area contributed by atoms with Crippen LogP contribution in [0.2, 0.25) is 0 Å². The van der Waals surface area contributed by atoms with E-state index in [0.717, 1.165) is 57.0 Å². The fourth-order valence-electron chi connectivity index (χ4n) is 3.45. The molecule has 1 aliphatic heterocycles. The van der Waals surface area contributed by atoms with Crippen LogP contribution in [0.15, 0.2) is 42.5 Å². The van der Waals surface area contributed by atoms with Crippen molar-refractivity contribution in [3.8, 4) is 5.75 Å². The lowest BCUT2D eigenvalue weighted by molar-refractivity contribution is -0.121. The molecule has 156 valence electrons. The number of benzene rings is 2. The van der Waals surface area contributed by atoms with Crippen LogP contribution in [0.1, 0.15) is 12.5 Å². The fraction of sp³-hybridized carbons (Fsp3) is 0.409. The molecule has 1 fully saturated rings. The van der Waals surface area contributed by atoms with E-state index in [9.17, 15) is 13.6 Å². The Morgan fingerprint density at radius 1 is 1.10 bits per heavy atom. The molecule has 0 radical (unpaired) electrons. The maximum absolute atomic E-state index is 13.8. The standard InChI is InChI=1S/C22H27F2N3O2/c1-16(22(28)25-21-8-5-18(23)15-20(21)24)27-13-11-26(12-14-27)10-9-17-3-6-19(29-2)7-4-17/h3-8,15-16H,9-14H2,1-2H3,(H,25,28). The number of methoxy groups -OCH3 is 1. The summed E-state index contributed by atoms with van der Waals surface area (Å²) in [5.41, 5.74) is 1.27. The van der Waals surface area contributed by atoms with E-state index in [4.69, 9.17) is 4.74 Å². The van der Waals surface area contributed by atoms with E-state index in [-0.39, 0.29) is 17.6 Å². The first-order valence-corrected chi connectivity index (χ1v) is 9.81. The first-order valence-electron chi connectivity index (χ1n) is 9.81. The summed E-state index contributed by atoms with van der Waals surface area (Å²) in [6.07, 6.45) is 0.962. The minimum absolute atomic E-state index is 0.00128. The first kappa shape index (κ1) is 21.2. The van der Waals surface area contributed by atoms with Gasteiger partial charge < -0.3 is 15.0 Å². The maximum Gasteiger partial charge on any atom is 0.241 e. The Hall–Kier alpha value is -2.51. The van der Waals surface area contributed by atoms with E-state index in [1.807, 2.05) is 19.1 Å². The maximum atomic E-state index is 13.8. The summed E-state index contributed by atoms with van der Waals surface area (Å²) in [5.74, 6) is -0.870. The summed E-state index contributed by atoms with van der Waals surface area (Å²) in [4.78, 5) is 16.9. The topological polar surface area (TPSA) is 44.8 Å². The number of hydrogen-bond donors (Lipinski definition) is 1. The van der Waals surface area contributed by atoms with E-state index in [1.54, 1.807) is 7.11 Å². The molecule has 7 heteroatoms. The third-order valence-electron chi connectivity index (χ3n) is 5.40. The number of hydrogen-bond acceptors (Lipinski definition) is 4. The Bertz CT molecular complexity index is 821. The van der Waals surface area contributed by atoms with Crippen molar-refractivity contribution in [2.24, 2.45) is 0 Å². The van der Waals surface area contributed by atoms with Crippen LogP contribution < -0.4 is 10.1 Å². The van der Waals surface area contributed by atoms with Crippen LogP contribution in [0.5, 0.6) is 5.75 Å². The molecule has 1 heterocycles. The minimum atomic E-state index is -0.770. The molecule has 1 N–H and O–H groups in total. The van der Waals surface area contributed by atoms with E-state index >= 15 is 0 Å². The molecular weight excluding hydrogens is 376 g/mol. The molecule has 1 atom stereocenters. The van der Waals surface area contributed by atoms with Crippen molar-refractivity contribution in [2.75, 3.05) is 45.2 Å². The summed E-state index contributed by atoms with van der Waals surface area (Å²) < 4.78 is 31.9. The molecular formula is C22H27F2N3O2. The van der Waals surface area contributed by atoms with Crippen LogP contribution in [0.4, 0.5) is 14.5 Å². The Labute approximate surface area is 170 Å². The van der Waals surface area contributed by atoms with Crippen LogP contribution in [0.25, 0.3) is 0 Å². The first-order chi connectivity index (χ1) is 14.0. The molecule has 5 nitrogen and oxygen atoms in total. The van der Waals surface area contributed by atoms with Crippen molar-refractivity contribution in [1.29, 1.82) is 0 Å². The lowest BCUT2D eigenvalue weighted by Gasteiger charge is -2.37. The Kier molecular flexibility index (Phi) is 7.17. The van der Waals surface area contributed by atoms with Gasteiger partial charge in [0.1, 0.15) is 17.4 Å². The normalized spacial score (nSPS) is 16.4. The molecule has 0 spiro atoms. The predicted molar refractivity (Wildman–Crippen MR) is 109 cm³/mol. The lowest BCUT2D eigenvalue weighted by atomic mass is 10.1. The highest BCUT2D eigenvalue weighted by atomic mass is 19.1. The molecule has 2 aromatic carbocycles. The van der Waals surface area contributed by atoms with Crippen LogP contribution >= 0.6 is 0 Å². The van der Waals surface area contributed by atoms with Crippen LogP contribution in [0.3, 0.4) is 0 Å². The SMILES string of the molecule is COc1ccc(CCN2CCN(C(C)C(=O)Nc3ccc(F)cc3F)CC2)cc1. The monoisotopic (exact) mass is 403 g/mol. The van der Waals surface area contributed by atoms with Gasteiger partial charge in [-0.2, -0.15) is 0 Å². The second kappa shape index (κ2) is 9.80. The molecule has 1 aliphatic rings. The number of piperazine rings is 1. The lowest BCUT2D eigenvalue weighted by Crippen LogP contribution is -2.53. The molecule has 0 bridgehead atoms. The number of rotatable bonds is 7. The Morgan fingerprint density at radius 2 is 1.79 bits per heavy atom. The van der Waals surface area contributed by atoms with E-state index in [0.29, 0.717) is 0 Å². The van der Waals surface area contributed by atoms with Crippen molar-refractivity contribution >= 4 is 11.6 Å². The zero-order chi connectivity index (χ0) is 20.8. The second-order valence-electron chi connectivity index (χ2n) is 7.27. The highest BCUT2D eigenvalue weighted by Gasteiger charge is 2.26. The largest absolute Gasteiger partial charge is 0.497 e.